The highest BCUT2D eigenvalue weighted by molar-refractivity contribution is 5.94. The minimum absolute atomic E-state index is 0.0372. The van der Waals surface area contributed by atoms with Gasteiger partial charge in [-0.15, -0.1) is 0 Å². The first-order chi connectivity index (χ1) is 14.1. The highest BCUT2D eigenvalue weighted by Gasteiger charge is 2.41. The lowest BCUT2D eigenvalue weighted by atomic mass is 9.82. The van der Waals surface area contributed by atoms with E-state index in [4.69, 9.17) is 4.74 Å². The first-order valence-electron chi connectivity index (χ1n) is 10.2. The molecule has 3 amide bonds. The van der Waals surface area contributed by atoms with E-state index in [1.54, 1.807) is 7.11 Å². The number of anilines is 1. The minimum atomic E-state index is -0.0577. The molecular weight excluding hydrogens is 366 g/mol. The summed E-state index contributed by atoms with van der Waals surface area (Å²) in [6, 6.07) is 17.0. The number of benzene rings is 2. The molecule has 29 heavy (non-hydrogen) atoms. The summed E-state index contributed by atoms with van der Waals surface area (Å²) in [5.74, 6) is 0.722. The zero-order valence-corrected chi connectivity index (χ0v) is 16.6. The quantitative estimate of drug-likeness (QED) is 0.823. The molecule has 2 N–H and O–H groups in total. The number of methoxy groups -OCH3 is 1. The maximum Gasteiger partial charge on any atom is 0.322 e. The molecule has 2 aromatic carbocycles. The molecule has 152 valence electrons. The molecule has 0 aromatic heterocycles. The number of urea groups is 1. The van der Waals surface area contributed by atoms with Crippen molar-refractivity contribution < 1.29 is 14.3 Å². The predicted molar refractivity (Wildman–Crippen MR) is 112 cm³/mol. The van der Waals surface area contributed by atoms with Crippen molar-refractivity contribution in [2.75, 3.05) is 12.4 Å². The second-order valence-electron chi connectivity index (χ2n) is 7.81. The van der Waals surface area contributed by atoms with Crippen LogP contribution in [-0.4, -0.2) is 42.1 Å². The van der Waals surface area contributed by atoms with Crippen molar-refractivity contribution in [3.05, 3.63) is 60.2 Å². The number of piperidine rings is 2. The average Bonchev–Trinajstić information content (AvgIpc) is 2.74. The molecule has 0 aliphatic carbocycles. The number of nitrogens with zero attached hydrogens (tertiary/aromatic N) is 1. The number of amides is 3. The van der Waals surface area contributed by atoms with Crippen LogP contribution in [0.1, 0.15) is 42.5 Å². The number of hydrogen-bond donors (Lipinski definition) is 2. The van der Waals surface area contributed by atoms with Crippen molar-refractivity contribution in [3.63, 3.8) is 0 Å². The first kappa shape index (κ1) is 19.3. The summed E-state index contributed by atoms with van der Waals surface area (Å²) in [5, 5.41) is 6.19. The molecule has 0 saturated carbocycles. The number of carbonyl (C=O) groups is 2. The highest BCUT2D eigenvalue weighted by atomic mass is 16.5. The van der Waals surface area contributed by atoms with E-state index < -0.39 is 0 Å². The third-order valence-electron chi connectivity index (χ3n) is 5.92. The van der Waals surface area contributed by atoms with Crippen LogP contribution in [-0.2, 0) is 0 Å². The molecule has 0 radical (unpaired) electrons. The topological polar surface area (TPSA) is 70.7 Å². The molecule has 4 rings (SSSR count). The maximum atomic E-state index is 13.0. The Morgan fingerprint density at radius 3 is 2.24 bits per heavy atom. The van der Waals surface area contributed by atoms with Crippen LogP contribution in [0, 0.1) is 0 Å². The van der Waals surface area contributed by atoms with Crippen molar-refractivity contribution >= 4 is 17.6 Å². The number of rotatable bonds is 4. The van der Waals surface area contributed by atoms with Crippen LogP contribution in [0.3, 0.4) is 0 Å². The molecule has 2 heterocycles. The fraction of sp³-hybridized carbons (Fsp3) is 0.391. The van der Waals surface area contributed by atoms with Gasteiger partial charge in [-0.3, -0.25) is 4.79 Å². The molecule has 6 heteroatoms. The number of carbonyl (C=O) groups excluding carboxylic acids is 2. The maximum absolute atomic E-state index is 13.0. The third-order valence-corrected chi connectivity index (χ3v) is 5.92. The van der Waals surface area contributed by atoms with Crippen LogP contribution in [0.4, 0.5) is 10.5 Å². The van der Waals surface area contributed by atoms with Gasteiger partial charge in [-0.2, -0.15) is 0 Å². The second-order valence-corrected chi connectivity index (χ2v) is 7.81. The van der Waals surface area contributed by atoms with E-state index in [1.807, 2.05) is 59.5 Å². The summed E-state index contributed by atoms with van der Waals surface area (Å²) < 4.78 is 5.17. The van der Waals surface area contributed by atoms with E-state index in [0.717, 1.165) is 43.5 Å². The third kappa shape index (κ3) is 4.36. The van der Waals surface area contributed by atoms with Gasteiger partial charge in [0.25, 0.3) is 5.91 Å². The monoisotopic (exact) mass is 393 g/mol. The molecule has 2 aromatic rings. The number of nitrogens with one attached hydrogen (secondary N) is 2. The van der Waals surface area contributed by atoms with Gasteiger partial charge >= 0.3 is 6.03 Å². The molecule has 2 atom stereocenters. The second kappa shape index (κ2) is 8.55. The van der Waals surface area contributed by atoms with Gasteiger partial charge in [-0.1, -0.05) is 18.2 Å². The molecular formula is C23H27N3O3. The molecule has 2 aliphatic rings. The zero-order chi connectivity index (χ0) is 20.2. The van der Waals surface area contributed by atoms with Gasteiger partial charge in [0.05, 0.1) is 7.11 Å². The molecule has 2 saturated heterocycles. The van der Waals surface area contributed by atoms with E-state index in [9.17, 15) is 9.59 Å². The smallest absolute Gasteiger partial charge is 0.322 e. The van der Waals surface area contributed by atoms with E-state index in [0.29, 0.717) is 5.56 Å². The Morgan fingerprint density at radius 1 is 0.966 bits per heavy atom. The number of ether oxygens (including phenoxy) is 1. The van der Waals surface area contributed by atoms with Gasteiger partial charge in [-0.05, 0) is 68.5 Å². The predicted octanol–water partition coefficient (Wildman–Crippen LogP) is 4.04. The SMILES string of the molecule is COc1ccc(NC(=O)N2[C@H]3CCC[C@H]2CC(NC(=O)c2ccccc2)C3)cc1. The van der Waals surface area contributed by atoms with E-state index in [-0.39, 0.29) is 30.1 Å². The summed E-state index contributed by atoms with van der Waals surface area (Å²) in [6.45, 7) is 0. The van der Waals surface area contributed by atoms with Gasteiger partial charge in [0.15, 0.2) is 0 Å². The van der Waals surface area contributed by atoms with Gasteiger partial charge in [-0.25, -0.2) is 4.79 Å². The standard InChI is InChI=1S/C23H27N3O3/c1-29-21-12-10-17(11-13-21)25-23(28)26-19-8-5-9-20(26)15-18(14-19)24-22(27)16-6-3-2-4-7-16/h2-4,6-7,10-13,18-20H,5,8-9,14-15H2,1H3,(H,24,27)(H,25,28)/t19-,20-/m0/s1. The Balaban J connectivity index is 1.40. The molecule has 2 fully saturated rings. The summed E-state index contributed by atoms with van der Waals surface area (Å²) in [7, 11) is 1.62. The van der Waals surface area contributed by atoms with Crippen LogP contribution >= 0.6 is 0 Å². The van der Waals surface area contributed by atoms with Crippen molar-refractivity contribution in [1.82, 2.24) is 10.2 Å². The lowest BCUT2D eigenvalue weighted by Gasteiger charge is -2.48. The van der Waals surface area contributed by atoms with Crippen LogP contribution in [0.2, 0.25) is 0 Å². The van der Waals surface area contributed by atoms with Crippen molar-refractivity contribution in [2.45, 2.75) is 50.2 Å². The van der Waals surface area contributed by atoms with Crippen LogP contribution in [0.15, 0.2) is 54.6 Å². The minimum Gasteiger partial charge on any atom is -0.497 e. The lowest BCUT2D eigenvalue weighted by molar-refractivity contribution is 0.0577. The average molecular weight is 393 g/mol. The van der Waals surface area contributed by atoms with Crippen molar-refractivity contribution in [1.29, 1.82) is 0 Å². The molecule has 0 unspecified atom stereocenters. The van der Waals surface area contributed by atoms with Crippen molar-refractivity contribution in [2.24, 2.45) is 0 Å². The Kier molecular flexibility index (Phi) is 5.69. The summed E-state index contributed by atoms with van der Waals surface area (Å²) in [6.07, 6.45) is 4.67. The van der Waals surface area contributed by atoms with Gasteiger partial charge in [0.1, 0.15) is 5.75 Å². The van der Waals surface area contributed by atoms with Crippen LogP contribution in [0.5, 0.6) is 5.75 Å². The highest BCUT2D eigenvalue weighted by Crippen LogP contribution is 2.34. The summed E-state index contributed by atoms with van der Waals surface area (Å²) in [4.78, 5) is 27.5. The zero-order valence-electron chi connectivity index (χ0n) is 16.6. The van der Waals surface area contributed by atoms with E-state index in [1.165, 1.54) is 0 Å². The Labute approximate surface area is 171 Å². The Hall–Kier alpha value is -3.02. The number of hydrogen-bond acceptors (Lipinski definition) is 3. The summed E-state index contributed by atoms with van der Waals surface area (Å²) >= 11 is 0. The van der Waals surface area contributed by atoms with Gasteiger partial charge < -0.3 is 20.3 Å². The molecule has 6 nitrogen and oxygen atoms in total. The Bertz CT molecular complexity index is 839. The van der Waals surface area contributed by atoms with Crippen LogP contribution < -0.4 is 15.4 Å². The number of fused-ring (bicyclic) bond motifs is 2. The first-order valence-corrected chi connectivity index (χ1v) is 10.2. The molecule has 2 aliphatic heterocycles. The van der Waals surface area contributed by atoms with Crippen molar-refractivity contribution in [3.8, 4) is 5.75 Å². The van der Waals surface area contributed by atoms with Gasteiger partial charge in [0, 0.05) is 29.4 Å². The fourth-order valence-corrected chi connectivity index (χ4v) is 4.55. The van der Waals surface area contributed by atoms with E-state index >= 15 is 0 Å². The summed E-state index contributed by atoms with van der Waals surface area (Å²) in [5.41, 5.74) is 1.44. The Morgan fingerprint density at radius 2 is 1.62 bits per heavy atom. The largest absolute Gasteiger partial charge is 0.497 e. The van der Waals surface area contributed by atoms with Gasteiger partial charge in [0.2, 0.25) is 0 Å². The lowest BCUT2D eigenvalue weighted by Crippen LogP contribution is -2.59. The molecule has 2 bridgehead atoms. The van der Waals surface area contributed by atoms with Crippen LogP contribution in [0.25, 0.3) is 0 Å². The molecule has 0 spiro atoms. The van der Waals surface area contributed by atoms with E-state index in [2.05, 4.69) is 10.6 Å². The normalized spacial score (nSPS) is 23.2. The fourth-order valence-electron chi connectivity index (χ4n) is 4.55.